The molecule has 194 valence electrons. The number of benzene rings is 3. The highest BCUT2D eigenvalue weighted by molar-refractivity contribution is 8.00. The number of nitrogens with one attached hydrogen (secondary N) is 3. The van der Waals surface area contributed by atoms with E-state index in [0.29, 0.717) is 36.1 Å². The van der Waals surface area contributed by atoms with Crippen molar-refractivity contribution in [3.63, 3.8) is 0 Å². The smallest absolute Gasteiger partial charge is 0.180 e. The van der Waals surface area contributed by atoms with E-state index in [1.807, 2.05) is 67.7 Å². The molecule has 1 aromatic heterocycles. The average molecular weight is 521 g/mol. The van der Waals surface area contributed by atoms with Gasteiger partial charge in [0, 0.05) is 47.9 Å². The van der Waals surface area contributed by atoms with Crippen molar-refractivity contribution in [1.82, 2.24) is 9.97 Å². The van der Waals surface area contributed by atoms with E-state index >= 15 is 0 Å². The van der Waals surface area contributed by atoms with Crippen LogP contribution in [0.3, 0.4) is 0 Å². The Morgan fingerprint density at radius 1 is 0.892 bits per heavy atom. The molecule has 0 saturated heterocycles. The number of carbonyl (C=O) groups is 1. The number of anilines is 4. The minimum absolute atomic E-state index is 0.603. The average Bonchev–Trinajstić information content (AvgIpc) is 2.95. The molecule has 0 atom stereocenters. The molecule has 37 heavy (non-hydrogen) atoms. The Kier molecular flexibility index (Phi) is 10.8. The van der Waals surface area contributed by atoms with Crippen molar-refractivity contribution in [2.45, 2.75) is 17.7 Å². The van der Waals surface area contributed by atoms with Gasteiger partial charge in [0.2, 0.25) is 0 Å². The number of hydrogen-bond donors (Lipinski definition) is 4. The third-order valence-corrected chi connectivity index (χ3v) is 5.88. The van der Waals surface area contributed by atoms with Crippen LogP contribution in [-0.2, 0) is 4.79 Å². The van der Waals surface area contributed by atoms with Crippen LogP contribution < -0.4 is 30.6 Å². The second kappa shape index (κ2) is 14.5. The maximum Gasteiger partial charge on any atom is 0.180 e. The number of methoxy groups -OCH3 is 2. The van der Waals surface area contributed by atoms with Crippen LogP contribution in [0.25, 0.3) is 11.0 Å². The molecule has 0 unspecified atom stereocenters. The maximum absolute atomic E-state index is 9.51. The van der Waals surface area contributed by atoms with Crippen molar-refractivity contribution < 1.29 is 14.3 Å². The van der Waals surface area contributed by atoms with Gasteiger partial charge in [-0.1, -0.05) is 18.2 Å². The summed E-state index contributed by atoms with van der Waals surface area (Å²) in [5.74, 6) is 2.60. The van der Waals surface area contributed by atoms with E-state index in [1.54, 1.807) is 14.2 Å². The van der Waals surface area contributed by atoms with Gasteiger partial charge in [-0.15, -0.1) is 0 Å². The van der Waals surface area contributed by atoms with E-state index in [9.17, 15) is 4.79 Å². The van der Waals surface area contributed by atoms with Crippen molar-refractivity contribution in [3.8, 4) is 11.5 Å². The number of nitrogens with zero attached hydrogens (tertiary/aromatic N) is 2. The van der Waals surface area contributed by atoms with Crippen molar-refractivity contribution >= 4 is 52.3 Å². The quantitative estimate of drug-likeness (QED) is 0.115. The van der Waals surface area contributed by atoms with Crippen LogP contribution in [0.1, 0.15) is 12.8 Å². The van der Waals surface area contributed by atoms with E-state index < -0.39 is 0 Å². The van der Waals surface area contributed by atoms with Gasteiger partial charge in [0.1, 0.15) is 17.8 Å². The Bertz CT molecular complexity index is 1280. The van der Waals surface area contributed by atoms with Gasteiger partial charge in [-0.3, -0.25) is 0 Å². The standard InChI is InChI=1S/C23H23N5O2S.C4H9NO/c1-24-15-7-6-8-19(13-15)31-28-23-22(26-20-9-4-5-10-21(20)27-23)25-16-11-17(29-2)14-18(12-16)30-3;5-3-1-2-4-6/h4-14,24H,1-3H3,(H,25,26)(H,27,28);4H,1-3,5H2. The first kappa shape index (κ1) is 27.6. The van der Waals surface area contributed by atoms with E-state index in [4.69, 9.17) is 25.2 Å². The number of fused-ring (bicyclic) bond motifs is 1. The summed E-state index contributed by atoms with van der Waals surface area (Å²) in [7, 11) is 5.14. The lowest BCUT2D eigenvalue weighted by atomic mass is 10.2. The summed E-state index contributed by atoms with van der Waals surface area (Å²) in [6.45, 7) is 0.624. The molecule has 9 nitrogen and oxygen atoms in total. The van der Waals surface area contributed by atoms with Crippen molar-refractivity contribution in [1.29, 1.82) is 0 Å². The molecule has 0 aliphatic carbocycles. The summed E-state index contributed by atoms with van der Waals surface area (Å²) in [4.78, 5) is 20.1. The zero-order valence-electron chi connectivity index (χ0n) is 21.2. The first-order chi connectivity index (χ1) is 18.1. The second-order valence-corrected chi connectivity index (χ2v) is 8.60. The van der Waals surface area contributed by atoms with Crippen LogP contribution in [0.2, 0.25) is 0 Å². The van der Waals surface area contributed by atoms with E-state index in [-0.39, 0.29) is 0 Å². The van der Waals surface area contributed by atoms with Crippen LogP contribution in [-0.4, -0.2) is 44.1 Å². The number of carbonyl (C=O) groups excluding carboxylic acids is 1. The van der Waals surface area contributed by atoms with Gasteiger partial charge < -0.3 is 35.4 Å². The molecule has 0 spiro atoms. The predicted molar refractivity (Wildman–Crippen MR) is 152 cm³/mol. The summed E-state index contributed by atoms with van der Waals surface area (Å²) < 4.78 is 14.1. The Labute approximate surface area is 221 Å². The highest BCUT2D eigenvalue weighted by atomic mass is 32.2. The minimum atomic E-state index is 0.603. The number of hydrogen-bond acceptors (Lipinski definition) is 10. The summed E-state index contributed by atoms with van der Waals surface area (Å²) in [6.07, 6.45) is 2.31. The highest BCUT2D eigenvalue weighted by Gasteiger charge is 2.12. The Morgan fingerprint density at radius 3 is 2.14 bits per heavy atom. The molecule has 4 aromatic rings. The molecule has 0 aliphatic rings. The number of aldehydes is 1. The largest absolute Gasteiger partial charge is 0.497 e. The van der Waals surface area contributed by atoms with Crippen LogP contribution >= 0.6 is 11.9 Å². The molecule has 0 aliphatic heterocycles. The molecule has 10 heteroatoms. The van der Waals surface area contributed by atoms with Gasteiger partial charge >= 0.3 is 0 Å². The van der Waals surface area contributed by atoms with Crippen molar-refractivity contribution in [2.24, 2.45) is 5.73 Å². The topological polar surface area (TPSA) is 123 Å². The van der Waals surface area contributed by atoms with Crippen LogP contribution in [0.5, 0.6) is 11.5 Å². The lowest BCUT2D eigenvalue weighted by Crippen LogP contribution is -2.03. The fraction of sp³-hybridized carbons (Fsp3) is 0.222. The molecule has 0 radical (unpaired) electrons. The summed E-state index contributed by atoms with van der Waals surface area (Å²) in [5, 5.41) is 6.50. The molecule has 3 aromatic carbocycles. The first-order valence-electron chi connectivity index (χ1n) is 11.7. The van der Waals surface area contributed by atoms with Gasteiger partial charge in [-0.05, 0) is 55.2 Å². The molecule has 0 fully saturated rings. The van der Waals surface area contributed by atoms with Gasteiger partial charge in [0.05, 0.1) is 25.3 Å². The lowest BCUT2D eigenvalue weighted by molar-refractivity contribution is -0.107. The van der Waals surface area contributed by atoms with Crippen LogP contribution in [0.15, 0.2) is 71.6 Å². The minimum Gasteiger partial charge on any atom is -0.497 e. The molecule has 1 heterocycles. The van der Waals surface area contributed by atoms with Crippen molar-refractivity contribution in [2.75, 3.05) is 43.2 Å². The number of rotatable bonds is 11. The summed E-state index contributed by atoms with van der Waals surface area (Å²) in [5.41, 5.74) is 8.49. The van der Waals surface area contributed by atoms with Gasteiger partial charge in [0.25, 0.3) is 0 Å². The molecular weight excluding hydrogens is 488 g/mol. The molecule has 0 amide bonds. The third kappa shape index (κ3) is 8.26. The molecule has 0 bridgehead atoms. The highest BCUT2D eigenvalue weighted by Crippen LogP contribution is 2.32. The zero-order valence-corrected chi connectivity index (χ0v) is 22.0. The first-order valence-corrected chi connectivity index (χ1v) is 12.5. The van der Waals surface area contributed by atoms with E-state index in [0.717, 1.165) is 40.0 Å². The summed E-state index contributed by atoms with van der Waals surface area (Å²) >= 11 is 1.47. The molecule has 5 N–H and O–H groups in total. The molecule has 0 saturated carbocycles. The van der Waals surface area contributed by atoms with E-state index in [2.05, 4.69) is 21.4 Å². The molecule has 4 rings (SSSR count). The number of para-hydroxylation sites is 2. The van der Waals surface area contributed by atoms with Gasteiger partial charge in [0.15, 0.2) is 11.6 Å². The number of aromatic nitrogens is 2. The van der Waals surface area contributed by atoms with E-state index in [1.165, 1.54) is 11.9 Å². The zero-order chi connectivity index (χ0) is 26.5. The number of unbranched alkanes of at least 4 members (excludes halogenated alkanes) is 1. The van der Waals surface area contributed by atoms with Crippen molar-refractivity contribution in [3.05, 3.63) is 66.7 Å². The lowest BCUT2D eigenvalue weighted by Gasteiger charge is -2.14. The monoisotopic (exact) mass is 520 g/mol. The van der Waals surface area contributed by atoms with Crippen LogP contribution in [0.4, 0.5) is 23.0 Å². The fourth-order valence-electron chi connectivity index (χ4n) is 3.20. The SMILES string of the molecule is CNc1cccc(SNc2nc3ccccc3nc2Nc2cc(OC)cc(OC)c2)c1.NCCCC=O. The maximum atomic E-state index is 9.51. The Hall–Kier alpha value is -4.02. The fourth-order valence-corrected chi connectivity index (χ4v) is 3.89. The molecular formula is C27H32N6O3S. The summed E-state index contributed by atoms with van der Waals surface area (Å²) in [6, 6.07) is 21.5. The van der Waals surface area contributed by atoms with Gasteiger partial charge in [-0.2, -0.15) is 0 Å². The predicted octanol–water partition coefficient (Wildman–Crippen LogP) is 5.48. The number of ether oxygens (including phenoxy) is 2. The van der Waals surface area contributed by atoms with Crippen LogP contribution in [0, 0.1) is 0 Å². The Balaban J connectivity index is 0.000000568. The Morgan fingerprint density at radius 2 is 1.57 bits per heavy atom. The second-order valence-electron chi connectivity index (χ2n) is 7.72. The number of nitrogens with two attached hydrogens (primary N) is 1. The van der Waals surface area contributed by atoms with Gasteiger partial charge in [-0.25, -0.2) is 9.97 Å². The third-order valence-electron chi connectivity index (χ3n) is 5.10. The normalized spacial score (nSPS) is 10.2.